The fraction of sp³-hybridized carbons (Fsp3) is 0.208. The predicted molar refractivity (Wildman–Crippen MR) is 232 cm³/mol. The second kappa shape index (κ2) is 12.1. The zero-order valence-electron chi connectivity index (χ0n) is 32.7. The van der Waals surface area contributed by atoms with Crippen molar-refractivity contribution in [2.75, 3.05) is 4.90 Å². The summed E-state index contributed by atoms with van der Waals surface area (Å²) in [5.74, 6) is 0. The molecule has 0 spiro atoms. The Morgan fingerprint density at radius 2 is 1.09 bits per heavy atom. The van der Waals surface area contributed by atoms with Gasteiger partial charge in [0.25, 0.3) is 0 Å². The summed E-state index contributed by atoms with van der Waals surface area (Å²) in [4.78, 5) is 2.42. The van der Waals surface area contributed by atoms with E-state index in [2.05, 4.69) is 192 Å². The molecule has 0 aliphatic heterocycles. The van der Waals surface area contributed by atoms with Gasteiger partial charge in [0.1, 0.15) is 5.58 Å². The Kier molecular flexibility index (Phi) is 7.39. The molecule has 0 radical (unpaired) electrons. The first kappa shape index (κ1) is 33.7. The van der Waals surface area contributed by atoms with Crippen LogP contribution in [0.2, 0.25) is 0 Å². The lowest BCUT2D eigenvalue weighted by molar-refractivity contribution is 0.332. The van der Waals surface area contributed by atoms with E-state index < -0.39 is 0 Å². The van der Waals surface area contributed by atoms with Crippen molar-refractivity contribution in [3.05, 3.63) is 174 Å². The van der Waals surface area contributed by atoms with Gasteiger partial charge in [0.15, 0.2) is 5.58 Å². The first-order valence-corrected chi connectivity index (χ1v) is 19.8. The summed E-state index contributed by atoms with van der Waals surface area (Å²) in [6.07, 6.45) is 2.42. The molecule has 0 N–H and O–H groups in total. The summed E-state index contributed by atoms with van der Waals surface area (Å²) in [6, 6.07) is 56.0. The lowest BCUT2D eigenvalue weighted by Gasteiger charge is -2.42. The van der Waals surface area contributed by atoms with Crippen LogP contribution in [0, 0.1) is 0 Å². The molecule has 0 atom stereocenters. The molecule has 2 nitrogen and oxygen atoms in total. The van der Waals surface area contributed by atoms with Crippen LogP contribution >= 0.6 is 0 Å². The van der Waals surface area contributed by atoms with Gasteiger partial charge >= 0.3 is 0 Å². The van der Waals surface area contributed by atoms with Crippen molar-refractivity contribution in [1.29, 1.82) is 0 Å². The van der Waals surface area contributed by atoms with Crippen LogP contribution < -0.4 is 4.90 Å². The second-order valence-electron chi connectivity index (χ2n) is 17.6. The number of para-hydroxylation sites is 3. The third-order valence-electron chi connectivity index (χ3n) is 13.0. The lowest BCUT2D eigenvalue weighted by atomic mass is 9.63. The van der Waals surface area contributed by atoms with Gasteiger partial charge in [-0.25, -0.2) is 0 Å². The Morgan fingerprint density at radius 3 is 1.89 bits per heavy atom. The molecule has 0 bridgehead atoms. The number of fused-ring (bicyclic) bond motifs is 7. The van der Waals surface area contributed by atoms with E-state index in [0.717, 1.165) is 39.0 Å². The first-order chi connectivity index (χ1) is 26.5. The van der Waals surface area contributed by atoms with Crippen LogP contribution in [-0.2, 0) is 16.2 Å². The van der Waals surface area contributed by atoms with Gasteiger partial charge in [-0.3, -0.25) is 0 Å². The lowest BCUT2D eigenvalue weighted by Crippen LogP contribution is -2.33. The summed E-state index contributed by atoms with van der Waals surface area (Å²) in [6.45, 7) is 14.3. The number of benzene rings is 7. The first-order valence-electron chi connectivity index (χ1n) is 19.8. The number of rotatable bonds is 5. The molecule has 2 aliphatic rings. The van der Waals surface area contributed by atoms with Crippen molar-refractivity contribution in [3.63, 3.8) is 0 Å². The van der Waals surface area contributed by atoms with E-state index in [1.807, 2.05) is 6.07 Å². The number of furan rings is 1. The van der Waals surface area contributed by atoms with Crippen LogP contribution in [0.15, 0.2) is 156 Å². The van der Waals surface area contributed by atoms with Gasteiger partial charge in [0.05, 0.1) is 11.4 Å². The van der Waals surface area contributed by atoms with Crippen molar-refractivity contribution >= 4 is 39.0 Å². The Bertz CT molecular complexity index is 2780. The van der Waals surface area contributed by atoms with E-state index in [-0.39, 0.29) is 16.2 Å². The maximum atomic E-state index is 6.73. The van der Waals surface area contributed by atoms with Gasteiger partial charge in [-0.05, 0) is 110 Å². The standard InChI is InChI=1S/C53H47NO/c1-51(2)29-30-52(3,4)46-31-36(27-28-44(46)51)34-23-25-35(26-24-34)41-32-42-38-17-10-12-20-43(38)53(5,6)45(42)33-48(41)54(37-15-8-7-9-16-37)47-21-14-19-40-39-18-11-13-22-49(39)55-50(40)47/h7-28,31-33H,29-30H2,1-6H3. The van der Waals surface area contributed by atoms with E-state index in [1.54, 1.807) is 0 Å². The fourth-order valence-electron chi connectivity index (χ4n) is 9.66. The van der Waals surface area contributed by atoms with Crippen LogP contribution in [0.4, 0.5) is 17.1 Å². The monoisotopic (exact) mass is 713 g/mol. The van der Waals surface area contributed by atoms with Crippen LogP contribution in [0.25, 0.3) is 55.3 Å². The zero-order valence-corrected chi connectivity index (χ0v) is 32.7. The van der Waals surface area contributed by atoms with Crippen molar-refractivity contribution in [2.45, 2.75) is 70.6 Å². The minimum atomic E-state index is -0.161. The summed E-state index contributed by atoms with van der Waals surface area (Å²) >= 11 is 0. The SMILES string of the molecule is CC1(C)CCC(C)(C)c2cc(-c3ccc(-c4cc5c(cc4N(c4ccccc4)c4cccc6c4oc4ccccc46)C(C)(C)c4ccccc4-5)cc3)ccc21. The predicted octanol–water partition coefficient (Wildman–Crippen LogP) is 15.0. The van der Waals surface area contributed by atoms with Crippen LogP contribution in [0.5, 0.6) is 0 Å². The van der Waals surface area contributed by atoms with E-state index in [0.29, 0.717) is 0 Å². The van der Waals surface area contributed by atoms with E-state index >= 15 is 0 Å². The van der Waals surface area contributed by atoms with Gasteiger partial charge in [-0.1, -0.05) is 157 Å². The molecule has 0 saturated heterocycles. The molecule has 0 unspecified atom stereocenters. The van der Waals surface area contributed by atoms with Gasteiger partial charge < -0.3 is 9.32 Å². The van der Waals surface area contributed by atoms with Gasteiger partial charge in [0.2, 0.25) is 0 Å². The highest BCUT2D eigenvalue weighted by molar-refractivity contribution is 6.11. The van der Waals surface area contributed by atoms with Crippen molar-refractivity contribution in [2.24, 2.45) is 0 Å². The molecule has 0 saturated carbocycles. The van der Waals surface area contributed by atoms with Crippen LogP contribution in [0.1, 0.15) is 76.6 Å². The molecule has 1 aromatic heterocycles. The Morgan fingerprint density at radius 1 is 0.436 bits per heavy atom. The molecule has 10 rings (SSSR count). The molecule has 1 heterocycles. The van der Waals surface area contributed by atoms with Crippen LogP contribution in [0.3, 0.4) is 0 Å². The number of hydrogen-bond donors (Lipinski definition) is 0. The number of hydrogen-bond acceptors (Lipinski definition) is 2. The number of nitrogens with zero attached hydrogens (tertiary/aromatic N) is 1. The maximum Gasteiger partial charge on any atom is 0.159 e. The van der Waals surface area contributed by atoms with E-state index in [9.17, 15) is 0 Å². The highest BCUT2D eigenvalue weighted by Crippen LogP contribution is 2.54. The molecule has 2 aliphatic carbocycles. The summed E-state index contributed by atoms with van der Waals surface area (Å²) < 4.78 is 6.73. The third kappa shape index (κ3) is 5.22. The molecule has 270 valence electrons. The molecule has 7 aromatic carbocycles. The molecule has 0 fully saturated rings. The van der Waals surface area contributed by atoms with Crippen LogP contribution in [-0.4, -0.2) is 0 Å². The maximum absolute atomic E-state index is 6.73. The Balaban J connectivity index is 1.19. The second-order valence-corrected chi connectivity index (χ2v) is 17.6. The Labute approximate surface area is 325 Å². The smallest absolute Gasteiger partial charge is 0.159 e. The molecule has 55 heavy (non-hydrogen) atoms. The minimum Gasteiger partial charge on any atom is -0.454 e. The largest absolute Gasteiger partial charge is 0.454 e. The summed E-state index contributed by atoms with van der Waals surface area (Å²) in [5.41, 5.74) is 18.4. The quantitative estimate of drug-likeness (QED) is 0.177. The topological polar surface area (TPSA) is 16.4 Å². The normalized spacial score (nSPS) is 16.1. The minimum absolute atomic E-state index is 0.161. The highest BCUT2D eigenvalue weighted by Gasteiger charge is 2.38. The molecule has 8 aromatic rings. The number of anilines is 3. The molecular formula is C53H47NO. The van der Waals surface area contributed by atoms with Gasteiger partial charge in [-0.2, -0.15) is 0 Å². The summed E-state index contributed by atoms with van der Waals surface area (Å²) in [5, 5.41) is 2.24. The van der Waals surface area contributed by atoms with Crippen molar-refractivity contribution in [3.8, 4) is 33.4 Å². The zero-order chi connectivity index (χ0) is 37.7. The fourth-order valence-corrected chi connectivity index (χ4v) is 9.66. The molecule has 2 heteroatoms. The summed E-state index contributed by atoms with van der Waals surface area (Å²) in [7, 11) is 0. The van der Waals surface area contributed by atoms with Crippen molar-refractivity contribution in [1.82, 2.24) is 0 Å². The van der Waals surface area contributed by atoms with E-state index in [4.69, 9.17) is 4.42 Å². The third-order valence-corrected chi connectivity index (χ3v) is 13.0. The van der Waals surface area contributed by atoms with Gasteiger partial charge in [-0.15, -0.1) is 0 Å². The average molecular weight is 714 g/mol. The van der Waals surface area contributed by atoms with Crippen molar-refractivity contribution < 1.29 is 4.42 Å². The van der Waals surface area contributed by atoms with Gasteiger partial charge in [0, 0.05) is 27.4 Å². The highest BCUT2D eigenvalue weighted by atomic mass is 16.3. The Hall–Kier alpha value is -5.86. The van der Waals surface area contributed by atoms with E-state index in [1.165, 1.54) is 68.5 Å². The molecule has 0 amide bonds. The molecular weight excluding hydrogens is 667 g/mol. The average Bonchev–Trinajstić information content (AvgIpc) is 3.69.